The van der Waals surface area contributed by atoms with E-state index in [0.717, 1.165) is 109 Å². The molecule has 0 aliphatic rings. The van der Waals surface area contributed by atoms with Crippen molar-refractivity contribution in [3.8, 4) is 0 Å². The Kier molecular flexibility index (Phi) is 52.7. The van der Waals surface area contributed by atoms with Crippen molar-refractivity contribution in [1.29, 1.82) is 0 Å². The van der Waals surface area contributed by atoms with Crippen molar-refractivity contribution in [2.75, 3.05) is 26.4 Å². The molecule has 0 rings (SSSR count). The van der Waals surface area contributed by atoms with Gasteiger partial charge in [0.25, 0.3) is 0 Å². The molecular weight excluding hydrogens is 928 g/mol. The van der Waals surface area contributed by atoms with Crippen LogP contribution in [0.5, 0.6) is 0 Å². The molecule has 420 valence electrons. The molecule has 0 radical (unpaired) electrons. The first-order chi connectivity index (χ1) is 35.2. The number of rotatable bonds is 55. The van der Waals surface area contributed by atoms with Crippen molar-refractivity contribution in [3.63, 3.8) is 0 Å². The first kappa shape index (κ1) is 69.4. The van der Waals surface area contributed by atoms with Crippen LogP contribution in [0, 0.1) is 0 Å². The number of hydrogen-bond donors (Lipinski definition) is 2. The van der Waals surface area contributed by atoms with Crippen LogP contribution in [-0.4, -0.2) is 66.5 Å². The molecule has 3 unspecified atom stereocenters. The quantitative estimate of drug-likeness (QED) is 0.0197. The number of esters is 3. The van der Waals surface area contributed by atoms with Crippen LogP contribution in [0.2, 0.25) is 0 Å². The summed E-state index contributed by atoms with van der Waals surface area (Å²) in [5, 5.41) is 9.81. The maximum Gasteiger partial charge on any atom is 0.472 e. The molecule has 0 heterocycles. The van der Waals surface area contributed by atoms with Gasteiger partial charge in [0.05, 0.1) is 19.8 Å². The lowest BCUT2D eigenvalue weighted by molar-refractivity contribution is -0.161. The van der Waals surface area contributed by atoms with Crippen LogP contribution in [0.4, 0.5) is 0 Å². The van der Waals surface area contributed by atoms with E-state index >= 15 is 0 Å². The highest BCUT2D eigenvalue weighted by Gasteiger charge is 2.28. The van der Waals surface area contributed by atoms with Gasteiger partial charge in [-0.05, 0) is 70.6 Å². The summed E-state index contributed by atoms with van der Waals surface area (Å²) in [7, 11) is -4.75. The van der Waals surface area contributed by atoms with Crippen LogP contribution in [0.15, 0.2) is 48.6 Å². The van der Waals surface area contributed by atoms with E-state index in [0.29, 0.717) is 19.3 Å². The second-order valence-corrected chi connectivity index (χ2v) is 21.2. The van der Waals surface area contributed by atoms with Crippen molar-refractivity contribution in [1.82, 2.24) is 0 Å². The van der Waals surface area contributed by atoms with Crippen LogP contribution in [0.25, 0.3) is 0 Å². The summed E-state index contributed by atoms with van der Waals surface area (Å²) in [6.07, 6.45) is 57.9. The van der Waals surface area contributed by atoms with Crippen molar-refractivity contribution < 1.29 is 52.2 Å². The van der Waals surface area contributed by atoms with Crippen LogP contribution in [0.3, 0.4) is 0 Å². The first-order valence-electron chi connectivity index (χ1n) is 29.5. The number of hydrogen-bond acceptors (Lipinski definition) is 10. The molecule has 0 aromatic heterocycles. The summed E-state index contributed by atoms with van der Waals surface area (Å²) in [4.78, 5) is 48.5. The fourth-order valence-electron chi connectivity index (χ4n) is 8.24. The lowest BCUT2D eigenvalue weighted by Gasteiger charge is -2.21. The summed E-state index contributed by atoms with van der Waals surface area (Å²) in [6, 6.07) is 0. The smallest absolute Gasteiger partial charge is 0.462 e. The largest absolute Gasteiger partial charge is 0.472 e. The molecule has 0 saturated carbocycles. The van der Waals surface area contributed by atoms with Gasteiger partial charge in [-0.1, -0.05) is 236 Å². The van der Waals surface area contributed by atoms with Gasteiger partial charge in [-0.25, -0.2) is 4.57 Å². The van der Waals surface area contributed by atoms with Gasteiger partial charge in [-0.3, -0.25) is 23.4 Å². The Labute approximate surface area is 441 Å². The third kappa shape index (κ3) is 52.3. The van der Waals surface area contributed by atoms with E-state index in [1.54, 1.807) is 0 Å². The Morgan fingerprint density at radius 1 is 0.403 bits per heavy atom. The zero-order chi connectivity index (χ0) is 52.7. The molecule has 0 aromatic carbocycles. The zero-order valence-electron chi connectivity index (χ0n) is 46.4. The Morgan fingerprint density at radius 2 is 0.736 bits per heavy atom. The van der Waals surface area contributed by atoms with E-state index in [1.165, 1.54) is 109 Å². The molecule has 0 saturated heterocycles. The number of carbonyl (C=O) groups is 3. The van der Waals surface area contributed by atoms with Crippen molar-refractivity contribution in [2.45, 2.75) is 290 Å². The fourth-order valence-corrected chi connectivity index (χ4v) is 9.02. The van der Waals surface area contributed by atoms with Crippen LogP contribution in [-0.2, 0) is 42.2 Å². The topological polar surface area (TPSA) is 155 Å². The number of ether oxygens (including phenoxy) is 3. The highest BCUT2D eigenvalue weighted by atomic mass is 31.2. The summed E-state index contributed by atoms with van der Waals surface area (Å²) in [5.74, 6) is -1.48. The van der Waals surface area contributed by atoms with Crippen molar-refractivity contribution >= 4 is 25.7 Å². The van der Waals surface area contributed by atoms with Gasteiger partial charge in [-0.15, -0.1) is 0 Å². The second kappa shape index (κ2) is 54.7. The fraction of sp³-hybridized carbons (Fsp3) is 0.817. The lowest BCUT2D eigenvalue weighted by atomic mass is 10.0. The molecule has 72 heavy (non-hydrogen) atoms. The van der Waals surface area contributed by atoms with E-state index in [1.807, 2.05) is 0 Å². The van der Waals surface area contributed by atoms with Crippen LogP contribution < -0.4 is 0 Å². The molecule has 2 N–H and O–H groups in total. The monoisotopic (exact) mass is 1040 g/mol. The first-order valence-corrected chi connectivity index (χ1v) is 31.0. The third-order valence-corrected chi connectivity index (χ3v) is 13.7. The average Bonchev–Trinajstić information content (AvgIpc) is 3.37. The van der Waals surface area contributed by atoms with E-state index < -0.39 is 57.8 Å². The Balaban J connectivity index is 4.65. The highest BCUT2D eigenvalue weighted by molar-refractivity contribution is 7.47. The maximum absolute atomic E-state index is 12.9. The Hall–Kier alpha value is -2.56. The number of unbranched alkanes of at least 4 members (excludes halogenated alkanes) is 30. The lowest BCUT2D eigenvalue weighted by Crippen LogP contribution is -2.30. The predicted molar refractivity (Wildman–Crippen MR) is 298 cm³/mol. The van der Waals surface area contributed by atoms with Crippen molar-refractivity contribution in [3.05, 3.63) is 48.6 Å². The van der Waals surface area contributed by atoms with Gasteiger partial charge in [-0.2, -0.15) is 0 Å². The molecule has 3 atom stereocenters. The summed E-state index contributed by atoms with van der Waals surface area (Å²) < 4.78 is 39.5. The average molecular weight is 1040 g/mol. The molecular formula is C60H109O11P. The number of allylic oxidation sites excluding steroid dienone is 8. The third-order valence-electron chi connectivity index (χ3n) is 12.7. The number of phosphoric ester groups is 1. The second-order valence-electron chi connectivity index (χ2n) is 19.8. The van der Waals surface area contributed by atoms with E-state index in [9.17, 15) is 28.9 Å². The van der Waals surface area contributed by atoms with E-state index in [2.05, 4.69) is 69.4 Å². The zero-order valence-corrected chi connectivity index (χ0v) is 47.3. The minimum Gasteiger partial charge on any atom is -0.462 e. The van der Waals surface area contributed by atoms with Gasteiger partial charge in [0, 0.05) is 19.3 Å². The van der Waals surface area contributed by atoms with Crippen molar-refractivity contribution in [2.24, 2.45) is 0 Å². The number of aliphatic hydroxyl groups excluding tert-OH is 1. The number of phosphoric acid groups is 1. The molecule has 0 aliphatic carbocycles. The summed E-state index contributed by atoms with van der Waals surface area (Å²) in [5.41, 5.74) is 0. The van der Waals surface area contributed by atoms with E-state index in [-0.39, 0.29) is 25.9 Å². The molecule has 0 spiro atoms. The van der Waals surface area contributed by atoms with E-state index in [4.69, 9.17) is 23.3 Å². The normalized spacial score (nSPS) is 13.7. The summed E-state index contributed by atoms with van der Waals surface area (Å²) >= 11 is 0. The molecule has 0 aliphatic heterocycles. The maximum atomic E-state index is 12.9. The van der Waals surface area contributed by atoms with Gasteiger partial charge in [0.1, 0.15) is 12.7 Å². The molecule has 0 amide bonds. The molecule has 0 bridgehead atoms. The molecule has 12 heteroatoms. The molecule has 0 fully saturated rings. The number of aliphatic hydroxyl groups is 1. The highest BCUT2D eigenvalue weighted by Crippen LogP contribution is 2.43. The van der Waals surface area contributed by atoms with Gasteiger partial charge < -0.3 is 24.2 Å². The van der Waals surface area contributed by atoms with Crippen LogP contribution >= 0.6 is 7.82 Å². The minimum absolute atomic E-state index is 0.159. The molecule has 0 aromatic rings. The van der Waals surface area contributed by atoms with Crippen LogP contribution in [0.1, 0.15) is 278 Å². The van der Waals surface area contributed by atoms with Gasteiger partial charge >= 0.3 is 25.7 Å². The Morgan fingerprint density at radius 3 is 1.17 bits per heavy atom. The summed E-state index contributed by atoms with van der Waals surface area (Å²) in [6.45, 7) is 4.50. The van der Waals surface area contributed by atoms with Gasteiger partial charge in [0.2, 0.25) is 0 Å². The minimum atomic E-state index is -4.75. The number of carbonyl (C=O) groups excluding carboxylic acids is 3. The SMILES string of the molecule is CC/C=C\C/C=C\C/C=C\CCCCCCCC(=O)OC(CO)COP(=O)(O)OCC(COC(=O)CCCCCCC/C=C\CCCC)OC(=O)CCCCCCCCCCCCCCCCCCCCC. The molecule has 11 nitrogen and oxygen atoms in total. The predicted octanol–water partition coefficient (Wildman–Crippen LogP) is 17.4. The Bertz CT molecular complexity index is 1400. The van der Waals surface area contributed by atoms with Gasteiger partial charge in [0.15, 0.2) is 6.10 Å². The standard InChI is InChI=1S/C60H109O11P/c1-4-7-10-13-16-19-22-24-26-27-28-29-31-33-36-39-42-45-48-51-60(64)71-57(53-67-58(62)49-46-43-40-37-34-21-18-15-12-9-6-3)55-69-72(65,66)68-54-56(52-61)70-59(63)50-47-44-41-38-35-32-30-25-23-20-17-14-11-8-5-2/h8,11,15,17-18,20,25,30,56-57,61H,4-7,9-10,12-14,16,19,21-24,26-29,31-55H2,1-3H3,(H,65,66)/b11-8-,18-15-,20-17-,30-25-.